The van der Waals surface area contributed by atoms with E-state index in [0.29, 0.717) is 0 Å². The molecule has 0 saturated heterocycles. The lowest BCUT2D eigenvalue weighted by atomic mass is 10.3. The molecule has 2 aromatic rings. The van der Waals surface area contributed by atoms with Gasteiger partial charge in [0.05, 0.1) is 0 Å². The van der Waals surface area contributed by atoms with Gasteiger partial charge in [-0.05, 0) is 25.5 Å². The van der Waals surface area contributed by atoms with Gasteiger partial charge in [0.1, 0.15) is 18.0 Å². The monoisotopic (exact) mass is 200 g/mol. The topological polar surface area (TPSA) is 50.7 Å². The zero-order chi connectivity index (χ0) is 10.7. The molecule has 4 heteroatoms. The number of nitrogens with zero attached hydrogens (tertiary/aromatic N) is 3. The first-order chi connectivity index (χ1) is 7.24. The summed E-state index contributed by atoms with van der Waals surface area (Å²) >= 11 is 0. The number of hydrogen-bond donors (Lipinski definition) is 1. The first-order valence-corrected chi connectivity index (χ1v) is 4.72. The number of aromatic nitrogens is 3. The second-order valence-electron chi connectivity index (χ2n) is 3.39. The molecule has 0 spiro atoms. The van der Waals surface area contributed by atoms with Gasteiger partial charge >= 0.3 is 0 Å². The molecule has 0 atom stereocenters. The van der Waals surface area contributed by atoms with Crippen LogP contribution in [0.15, 0.2) is 30.7 Å². The van der Waals surface area contributed by atoms with Gasteiger partial charge in [0, 0.05) is 18.0 Å². The lowest BCUT2D eigenvalue weighted by molar-refractivity contribution is 1.10. The van der Waals surface area contributed by atoms with Crippen LogP contribution in [-0.4, -0.2) is 15.0 Å². The lowest BCUT2D eigenvalue weighted by Gasteiger charge is -2.04. The van der Waals surface area contributed by atoms with E-state index < -0.39 is 0 Å². The Labute approximate surface area is 88.4 Å². The van der Waals surface area contributed by atoms with E-state index >= 15 is 0 Å². The number of pyridine rings is 1. The Balaban J connectivity index is 2.18. The Kier molecular flexibility index (Phi) is 2.58. The van der Waals surface area contributed by atoms with Crippen molar-refractivity contribution in [3.05, 3.63) is 42.0 Å². The van der Waals surface area contributed by atoms with E-state index in [4.69, 9.17) is 0 Å². The smallest absolute Gasteiger partial charge is 0.135 e. The minimum atomic E-state index is 0.763. The molecule has 0 radical (unpaired) electrons. The van der Waals surface area contributed by atoms with E-state index in [2.05, 4.69) is 20.3 Å². The molecule has 2 rings (SSSR count). The average Bonchev–Trinajstić information content (AvgIpc) is 2.22. The van der Waals surface area contributed by atoms with E-state index in [-0.39, 0.29) is 0 Å². The van der Waals surface area contributed by atoms with Crippen molar-refractivity contribution >= 4 is 11.6 Å². The van der Waals surface area contributed by atoms with Gasteiger partial charge < -0.3 is 5.32 Å². The lowest BCUT2D eigenvalue weighted by Crippen LogP contribution is -1.97. The fourth-order valence-electron chi connectivity index (χ4n) is 1.20. The molecule has 2 aromatic heterocycles. The molecule has 0 saturated carbocycles. The molecule has 0 fully saturated rings. The maximum absolute atomic E-state index is 4.23. The number of hydrogen-bond acceptors (Lipinski definition) is 4. The van der Waals surface area contributed by atoms with Crippen molar-refractivity contribution in [2.75, 3.05) is 5.32 Å². The van der Waals surface area contributed by atoms with E-state index in [1.54, 1.807) is 0 Å². The van der Waals surface area contributed by atoms with Crippen molar-refractivity contribution < 1.29 is 0 Å². The van der Waals surface area contributed by atoms with Gasteiger partial charge in [0.25, 0.3) is 0 Å². The van der Waals surface area contributed by atoms with E-state index in [9.17, 15) is 0 Å². The largest absolute Gasteiger partial charge is 0.325 e. The van der Waals surface area contributed by atoms with Gasteiger partial charge in [-0.3, -0.25) is 0 Å². The van der Waals surface area contributed by atoms with Crippen molar-refractivity contribution in [3.8, 4) is 0 Å². The number of anilines is 2. The highest BCUT2D eigenvalue weighted by Crippen LogP contribution is 2.11. The fraction of sp³-hybridized carbons (Fsp3) is 0.182. The minimum absolute atomic E-state index is 0.763. The molecule has 0 bridgehead atoms. The molecule has 2 heterocycles. The molecular weight excluding hydrogens is 188 g/mol. The first kappa shape index (κ1) is 9.58. The summed E-state index contributed by atoms with van der Waals surface area (Å²) in [6, 6.07) is 5.80. The van der Waals surface area contributed by atoms with Gasteiger partial charge in [-0.1, -0.05) is 6.07 Å². The zero-order valence-electron chi connectivity index (χ0n) is 8.73. The summed E-state index contributed by atoms with van der Waals surface area (Å²) in [5.74, 6) is 1.55. The van der Waals surface area contributed by atoms with E-state index in [0.717, 1.165) is 22.9 Å². The highest BCUT2D eigenvalue weighted by atomic mass is 15.1. The van der Waals surface area contributed by atoms with Gasteiger partial charge in [0.2, 0.25) is 0 Å². The van der Waals surface area contributed by atoms with Crippen LogP contribution in [0.4, 0.5) is 11.6 Å². The molecule has 0 aliphatic rings. The molecule has 0 unspecified atom stereocenters. The van der Waals surface area contributed by atoms with E-state index in [1.807, 2.05) is 38.2 Å². The highest BCUT2D eigenvalue weighted by molar-refractivity contribution is 5.51. The van der Waals surface area contributed by atoms with Crippen LogP contribution in [0.3, 0.4) is 0 Å². The van der Waals surface area contributed by atoms with Gasteiger partial charge in [-0.2, -0.15) is 0 Å². The van der Waals surface area contributed by atoms with Crippen LogP contribution >= 0.6 is 0 Å². The molecule has 0 amide bonds. The standard InChI is InChI=1S/C11H12N4/c1-8-3-4-10(12-6-8)15-11-5-9(2)13-7-14-11/h3-7H,1-2H3,(H,12,13,14,15). The molecule has 0 aromatic carbocycles. The number of aryl methyl sites for hydroxylation is 2. The van der Waals surface area contributed by atoms with Crippen LogP contribution < -0.4 is 5.32 Å². The third-order valence-corrected chi connectivity index (χ3v) is 1.97. The number of nitrogens with one attached hydrogen (secondary N) is 1. The van der Waals surface area contributed by atoms with Gasteiger partial charge in [-0.25, -0.2) is 15.0 Å². The van der Waals surface area contributed by atoms with Crippen molar-refractivity contribution in [2.45, 2.75) is 13.8 Å². The van der Waals surface area contributed by atoms with Crippen molar-refractivity contribution in [2.24, 2.45) is 0 Å². The second kappa shape index (κ2) is 4.04. The Morgan fingerprint density at radius 3 is 2.53 bits per heavy atom. The fourth-order valence-corrected chi connectivity index (χ4v) is 1.20. The van der Waals surface area contributed by atoms with Crippen molar-refractivity contribution in [1.82, 2.24) is 15.0 Å². The van der Waals surface area contributed by atoms with Crippen LogP contribution in [-0.2, 0) is 0 Å². The third kappa shape index (κ3) is 2.49. The highest BCUT2D eigenvalue weighted by Gasteiger charge is 1.97. The second-order valence-corrected chi connectivity index (χ2v) is 3.39. The summed E-state index contributed by atoms with van der Waals surface area (Å²) in [5.41, 5.74) is 2.07. The molecule has 0 aliphatic heterocycles. The third-order valence-electron chi connectivity index (χ3n) is 1.97. The van der Waals surface area contributed by atoms with Crippen LogP contribution in [0.1, 0.15) is 11.3 Å². The Hall–Kier alpha value is -1.97. The summed E-state index contributed by atoms with van der Waals surface area (Å²) in [5, 5.41) is 3.11. The van der Waals surface area contributed by atoms with Crippen molar-refractivity contribution in [1.29, 1.82) is 0 Å². The van der Waals surface area contributed by atoms with Crippen molar-refractivity contribution in [3.63, 3.8) is 0 Å². The van der Waals surface area contributed by atoms with Gasteiger partial charge in [-0.15, -0.1) is 0 Å². The predicted molar refractivity (Wildman–Crippen MR) is 59.0 cm³/mol. The quantitative estimate of drug-likeness (QED) is 0.807. The molecule has 76 valence electrons. The average molecular weight is 200 g/mol. The van der Waals surface area contributed by atoms with Crippen LogP contribution in [0.5, 0.6) is 0 Å². The molecule has 1 N–H and O–H groups in total. The first-order valence-electron chi connectivity index (χ1n) is 4.72. The number of rotatable bonds is 2. The summed E-state index contributed by atoms with van der Waals surface area (Å²) < 4.78 is 0. The molecular formula is C11H12N4. The Morgan fingerprint density at radius 1 is 1.00 bits per heavy atom. The summed E-state index contributed by atoms with van der Waals surface area (Å²) in [6.07, 6.45) is 3.35. The van der Waals surface area contributed by atoms with Crippen LogP contribution in [0.25, 0.3) is 0 Å². The summed E-state index contributed by atoms with van der Waals surface area (Å²) in [6.45, 7) is 3.93. The Bertz CT molecular complexity index is 450. The van der Waals surface area contributed by atoms with Gasteiger partial charge in [0.15, 0.2) is 0 Å². The SMILES string of the molecule is Cc1ccc(Nc2cc(C)ncn2)nc1. The summed E-state index contributed by atoms with van der Waals surface area (Å²) in [4.78, 5) is 12.4. The maximum atomic E-state index is 4.23. The maximum Gasteiger partial charge on any atom is 0.135 e. The summed E-state index contributed by atoms with van der Waals surface area (Å²) in [7, 11) is 0. The molecule has 4 nitrogen and oxygen atoms in total. The van der Waals surface area contributed by atoms with Crippen LogP contribution in [0.2, 0.25) is 0 Å². The van der Waals surface area contributed by atoms with Crippen LogP contribution in [0, 0.1) is 13.8 Å². The molecule has 15 heavy (non-hydrogen) atoms. The zero-order valence-corrected chi connectivity index (χ0v) is 8.73. The minimum Gasteiger partial charge on any atom is -0.325 e. The molecule has 0 aliphatic carbocycles. The normalized spacial score (nSPS) is 10.0. The van der Waals surface area contributed by atoms with E-state index in [1.165, 1.54) is 6.33 Å². The predicted octanol–water partition coefficient (Wildman–Crippen LogP) is 2.23. The Morgan fingerprint density at radius 2 is 1.87 bits per heavy atom.